The Labute approximate surface area is 138 Å². The molecule has 1 aliphatic carbocycles. The lowest BCUT2D eigenvalue weighted by Crippen LogP contribution is -2.37. The number of carbonyl (C=O) groups is 1. The highest BCUT2D eigenvalue weighted by molar-refractivity contribution is 5.78. The van der Waals surface area contributed by atoms with Gasteiger partial charge in [-0.25, -0.2) is 0 Å². The van der Waals surface area contributed by atoms with Gasteiger partial charge in [-0.1, -0.05) is 44.4 Å². The number of fused-ring (bicyclic) bond motifs is 1. The fourth-order valence-corrected chi connectivity index (χ4v) is 3.66. The molecule has 1 N–H and O–H groups in total. The van der Waals surface area contributed by atoms with Crippen LogP contribution in [0.4, 0.5) is 0 Å². The highest BCUT2D eigenvalue weighted by Crippen LogP contribution is 2.29. The van der Waals surface area contributed by atoms with Crippen molar-refractivity contribution in [1.82, 2.24) is 10.3 Å². The highest BCUT2D eigenvalue weighted by Gasteiger charge is 2.24. The summed E-state index contributed by atoms with van der Waals surface area (Å²) in [7, 11) is 0. The zero-order chi connectivity index (χ0) is 16.1. The summed E-state index contributed by atoms with van der Waals surface area (Å²) < 4.78 is 0. The number of benzene rings is 1. The molecule has 0 aliphatic heterocycles. The summed E-state index contributed by atoms with van der Waals surface area (Å²) in [6, 6.07) is 11.2. The molecule has 1 heterocycles. The second-order valence-electron chi connectivity index (χ2n) is 6.82. The van der Waals surface area contributed by atoms with Crippen molar-refractivity contribution in [3.63, 3.8) is 0 Å². The molecule has 1 fully saturated rings. The monoisotopic (exact) mass is 310 g/mol. The van der Waals surface area contributed by atoms with Crippen molar-refractivity contribution < 1.29 is 4.79 Å². The Balaban J connectivity index is 1.86. The van der Waals surface area contributed by atoms with Crippen LogP contribution in [-0.2, 0) is 4.79 Å². The van der Waals surface area contributed by atoms with Crippen molar-refractivity contribution in [3.8, 4) is 0 Å². The predicted octanol–water partition coefficient (Wildman–Crippen LogP) is 4.42. The molecule has 1 aromatic heterocycles. The largest absolute Gasteiger partial charge is 0.307 e. The van der Waals surface area contributed by atoms with Crippen LogP contribution in [0.15, 0.2) is 36.5 Å². The summed E-state index contributed by atoms with van der Waals surface area (Å²) in [5.41, 5.74) is 2.22. The molecule has 3 heteroatoms. The molecule has 0 spiro atoms. The van der Waals surface area contributed by atoms with E-state index in [0.29, 0.717) is 12.5 Å². The van der Waals surface area contributed by atoms with Gasteiger partial charge in [0.1, 0.15) is 6.29 Å². The third kappa shape index (κ3) is 3.97. The number of para-hydroxylation sites is 1. The number of rotatable bonds is 6. The standard InChI is InChI=1S/C20H26N2O/c1-15(11-12-23)20(22-18-8-3-2-4-9-18)17-13-16-7-5-6-10-19(16)21-14-17/h5-7,10,12-15,18,20,22H,2-4,8-9,11H2,1H3. The van der Waals surface area contributed by atoms with Gasteiger partial charge in [0.15, 0.2) is 0 Å². The molecule has 23 heavy (non-hydrogen) atoms. The number of aldehydes is 1. The maximum Gasteiger partial charge on any atom is 0.120 e. The molecule has 0 amide bonds. The number of pyridine rings is 1. The van der Waals surface area contributed by atoms with Crippen LogP contribution in [0.5, 0.6) is 0 Å². The summed E-state index contributed by atoms with van der Waals surface area (Å²) in [5.74, 6) is 0.275. The SMILES string of the molecule is CC(CC=O)C(NC1CCCCC1)c1cnc2ccccc2c1. The zero-order valence-corrected chi connectivity index (χ0v) is 13.9. The minimum atomic E-state index is 0.195. The molecule has 1 saturated carbocycles. The number of carbonyl (C=O) groups excluding carboxylic acids is 1. The van der Waals surface area contributed by atoms with Gasteiger partial charge in [0.25, 0.3) is 0 Å². The van der Waals surface area contributed by atoms with Crippen LogP contribution >= 0.6 is 0 Å². The first-order valence-corrected chi connectivity index (χ1v) is 8.82. The minimum absolute atomic E-state index is 0.195. The second-order valence-corrected chi connectivity index (χ2v) is 6.82. The average molecular weight is 310 g/mol. The molecule has 2 aromatic rings. The number of hydrogen-bond donors (Lipinski definition) is 1. The van der Waals surface area contributed by atoms with E-state index in [1.54, 1.807) is 0 Å². The molecule has 0 radical (unpaired) electrons. The normalized spacial score (nSPS) is 18.7. The molecule has 0 saturated heterocycles. The maximum atomic E-state index is 11.0. The molecule has 3 nitrogen and oxygen atoms in total. The fraction of sp³-hybridized carbons (Fsp3) is 0.500. The van der Waals surface area contributed by atoms with E-state index in [4.69, 9.17) is 0 Å². The molecular weight excluding hydrogens is 284 g/mol. The Hall–Kier alpha value is -1.74. The van der Waals surface area contributed by atoms with Gasteiger partial charge in [-0.2, -0.15) is 0 Å². The van der Waals surface area contributed by atoms with Crippen LogP contribution in [0.2, 0.25) is 0 Å². The van der Waals surface area contributed by atoms with E-state index in [-0.39, 0.29) is 12.0 Å². The van der Waals surface area contributed by atoms with E-state index in [9.17, 15) is 4.79 Å². The molecule has 122 valence electrons. The van der Waals surface area contributed by atoms with E-state index >= 15 is 0 Å². The van der Waals surface area contributed by atoms with Crippen LogP contribution in [0.25, 0.3) is 10.9 Å². The van der Waals surface area contributed by atoms with Gasteiger partial charge in [-0.3, -0.25) is 4.98 Å². The summed E-state index contributed by atoms with van der Waals surface area (Å²) >= 11 is 0. The lowest BCUT2D eigenvalue weighted by Gasteiger charge is -2.31. The second kappa shape index (κ2) is 7.69. The number of hydrogen-bond acceptors (Lipinski definition) is 3. The van der Waals surface area contributed by atoms with E-state index in [0.717, 1.165) is 11.8 Å². The highest BCUT2D eigenvalue weighted by atomic mass is 16.1. The first-order valence-electron chi connectivity index (χ1n) is 8.82. The first-order chi connectivity index (χ1) is 11.3. The summed E-state index contributed by atoms with van der Waals surface area (Å²) in [4.78, 5) is 15.6. The fourth-order valence-electron chi connectivity index (χ4n) is 3.66. The van der Waals surface area contributed by atoms with Gasteiger partial charge in [0, 0.05) is 30.1 Å². The van der Waals surface area contributed by atoms with Crippen LogP contribution in [0.1, 0.15) is 57.1 Å². The maximum absolute atomic E-state index is 11.0. The Morgan fingerprint density at radius 1 is 1.26 bits per heavy atom. The topological polar surface area (TPSA) is 42.0 Å². The predicted molar refractivity (Wildman–Crippen MR) is 94.3 cm³/mol. The summed E-state index contributed by atoms with van der Waals surface area (Å²) in [6.45, 7) is 2.16. The molecular formula is C20H26N2O. The van der Waals surface area contributed by atoms with E-state index in [2.05, 4.69) is 29.4 Å². The van der Waals surface area contributed by atoms with Crippen LogP contribution in [0, 0.1) is 5.92 Å². The van der Waals surface area contributed by atoms with Gasteiger partial charge >= 0.3 is 0 Å². The number of nitrogens with zero attached hydrogens (tertiary/aromatic N) is 1. The van der Waals surface area contributed by atoms with Crippen LogP contribution < -0.4 is 5.32 Å². The van der Waals surface area contributed by atoms with Gasteiger partial charge in [0.05, 0.1) is 5.52 Å². The third-order valence-corrected chi connectivity index (χ3v) is 5.03. The Bertz CT molecular complexity index is 649. The van der Waals surface area contributed by atoms with Gasteiger partial charge in [0.2, 0.25) is 0 Å². The Morgan fingerprint density at radius 3 is 2.83 bits per heavy atom. The smallest absolute Gasteiger partial charge is 0.120 e. The van der Waals surface area contributed by atoms with Gasteiger partial charge in [-0.05, 0) is 36.5 Å². The van der Waals surface area contributed by atoms with Crippen LogP contribution in [-0.4, -0.2) is 17.3 Å². The van der Waals surface area contributed by atoms with Gasteiger partial charge < -0.3 is 10.1 Å². The van der Waals surface area contributed by atoms with Crippen molar-refractivity contribution in [1.29, 1.82) is 0 Å². The quantitative estimate of drug-likeness (QED) is 0.803. The van der Waals surface area contributed by atoms with Crippen molar-refractivity contribution in [2.75, 3.05) is 0 Å². The number of aromatic nitrogens is 1. The lowest BCUT2D eigenvalue weighted by atomic mass is 9.89. The Kier molecular flexibility index (Phi) is 5.39. The van der Waals surface area contributed by atoms with Crippen molar-refractivity contribution in [3.05, 3.63) is 42.1 Å². The van der Waals surface area contributed by atoms with E-state index < -0.39 is 0 Å². The lowest BCUT2D eigenvalue weighted by molar-refractivity contribution is -0.108. The summed E-state index contributed by atoms with van der Waals surface area (Å²) in [5, 5.41) is 4.99. The Morgan fingerprint density at radius 2 is 2.04 bits per heavy atom. The third-order valence-electron chi connectivity index (χ3n) is 5.03. The molecule has 3 rings (SSSR count). The van der Waals surface area contributed by atoms with Crippen molar-refractivity contribution >= 4 is 17.2 Å². The van der Waals surface area contributed by atoms with E-state index in [1.165, 1.54) is 43.1 Å². The zero-order valence-electron chi connectivity index (χ0n) is 13.9. The van der Waals surface area contributed by atoms with Gasteiger partial charge in [-0.15, -0.1) is 0 Å². The van der Waals surface area contributed by atoms with Crippen molar-refractivity contribution in [2.24, 2.45) is 5.92 Å². The van der Waals surface area contributed by atoms with Crippen LogP contribution in [0.3, 0.4) is 0 Å². The molecule has 1 aromatic carbocycles. The molecule has 1 aliphatic rings. The molecule has 0 bridgehead atoms. The summed E-state index contributed by atoms with van der Waals surface area (Å²) in [6.07, 6.45) is 10.0. The van der Waals surface area contributed by atoms with E-state index in [1.807, 2.05) is 24.4 Å². The number of nitrogens with one attached hydrogen (secondary N) is 1. The minimum Gasteiger partial charge on any atom is -0.307 e. The molecule has 2 unspecified atom stereocenters. The first kappa shape index (κ1) is 16.1. The molecule has 2 atom stereocenters. The average Bonchev–Trinajstić information content (AvgIpc) is 2.60. The van der Waals surface area contributed by atoms with Crippen molar-refractivity contribution in [2.45, 2.75) is 57.5 Å².